The van der Waals surface area contributed by atoms with Crippen molar-refractivity contribution in [2.75, 3.05) is 13.2 Å². The van der Waals surface area contributed by atoms with Crippen molar-refractivity contribution < 1.29 is 14.6 Å². The highest BCUT2D eigenvalue weighted by molar-refractivity contribution is 4.70. The maximum absolute atomic E-state index is 8.69. The summed E-state index contributed by atoms with van der Waals surface area (Å²) in [5, 5.41) is 8.69. The van der Waals surface area contributed by atoms with E-state index in [0.717, 1.165) is 0 Å². The Bertz CT molecular complexity index is 105. The maximum atomic E-state index is 8.69. The van der Waals surface area contributed by atoms with Gasteiger partial charge in [-0.1, -0.05) is 0 Å². The highest BCUT2D eigenvalue weighted by Crippen LogP contribution is 2.13. The van der Waals surface area contributed by atoms with Crippen molar-refractivity contribution in [1.82, 2.24) is 0 Å². The van der Waals surface area contributed by atoms with Gasteiger partial charge in [0.05, 0.1) is 25.4 Å². The largest absolute Gasteiger partial charge is 0.394 e. The summed E-state index contributed by atoms with van der Waals surface area (Å²) < 4.78 is 10.7. The molecule has 0 spiro atoms. The molecule has 60 valence electrons. The molecule has 1 fully saturated rings. The van der Waals surface area contributed by atoms with E-state index < -0.39 is 0 Å². The second-order valence-electron chi connectivity index (χ2n) is 2.68. The maximum Gasteiger partial charge on any atom is 0.104 e. The van der Waals surface area contributed by atoms with E-state index in [0.29, 0.717) is 6.61 Å². The Kier molecular flexibility index (Phi) is 2.65. The van der Waals surface area contributed by atoms with Crippen LogP contribution in [-0.2, 0) is 9.47 Å². The number of aliphatic hydroxyl groups excluding tert-OH is 1. The number of rotatable bonds is 1. The highest BCUT2D eigenvalue weighted by atomic mass is 16.6. The van der Waals surface area contributed by atoms with Crippen LogP contribution in [0.5, 0.6) is 0 Å². The lowest BCUT2D eigenvalue weighted by atomic mass is 10.2. The molecule has 3 unspecified atom stereocenters. The molecule has 3 atom stereocenters. The van der Waals surface area contributed by atoms with E-state index in [1.54, 1.807) is 0 Å². The third-order valence-corrected chi connectivity index (χ3v) is 1.82. The zero-order chi connectivity index (χ0) is 7.56. The predicted molar refractivity (Wildman–Crippen MR) is 36.8 cm³/mol. The van der Waals surface area contributed by atoms with Crippen LogP contribution in [0.4, 0.5) is 0 Å². The Labute approximate surface area is 60.9 Å². The first-order valence-corrected chi connectivity index (χ1v) is 3.62. The molecule has 0 amide bonds. The Balaban J connectivity index is 2.33. The lowest BCUT2D eigenvalue weighted by Crippen LogP contribution is -2.41. The molecule has 1 N–H and O–H groups in total. The lowest BCUT2D eigenvalue weighted by Gasteiger charge is -2.31. The van der Waals surface area contributed by atoms with Gasteiger partial charge in [-0.2, -0.15) is 0 Å². The molecule has 0 saturated carbocycles. The van der Waals surface area contributed by atoms with Gasteiger partial charge in [-0.25, -0.2) is 0 Å². The van der Waals surface area contributed by atoms with Gasteiger partial charge in [0.25, 0.3) is 0 Å². The normalized spacial score (nSPS) is 41.7. The predicted octanol–water partition coefficient (Wildman–Crippen LogP) is 0.171. The summed E-state index contributed by atoms with van der Waals surface area (Å²) in [5.74, 6) is 0. The van der Waals surface area contributed by atoms with Crippen LogP contribution >= 0.6 is 0 Å². The fourth-order valence-corrected chi connectivity index (χ4v) is 0.944. The van der Waals surface area contributed by atoms with Gasteiger partial charge in [0.2, 0.25) is 0 Å². The van der Waals surface area contributed by atoms with Gasteiger partial charge in [-0.3, -0.25) is 0 Å². The fraction of sp³-hybridized carbons (Fsp3) is 1.00. The molecule has 3 heteroatoms. The van der Waals surface area contributed by atoms with Crippen LogP contribution in [0, 0.1) is 0 Å². The first-order chi connectivity index (χ1) is 4.74. The molecule has 3 nitrogen and oxygen atoms in total. The standard InChI is InChI=1S/C7H14O3/c1-5-6(2)10-7(3-8)4-9-5/h5-8H,3-4H2,1-2H3. The minimum Gasteiger partial charge on any atom is -0.394 e. The highest BCUT2D eigenvalue weighted by Gasteiger charge is 2.24. The van der Waals surface area contributed by atoms with Crippen LogP contribution in [-0.4, -0.2) is 36.6 Å². The summed E-state index contributed by atoms with van der Waals surface area (Å²) in [6.45, 7) is 4.49. The number of hydrogen-bond donors (Lipinski definition) is 1. The Morgan fingerprint density at radius 2 is 2.10 bits per heavy atom. The van der Waals surface area contributed by atoms with Crippen molar-refractivity contribution in [2.45, 2.75) is 32.2 Å². The average molecular weight is 146 g/mol. The summed E-state index contributed by atoms with van der Waals surface area (Å²) in [7, 11) is 0. The van der Waals surface area contributed by atoms with Crippen molar-refractivity contribution >= 4 is 0 Å². The molecule has 1 rings (SSSR count). The number of hydrogen-bond acceptors (Lipinski definition) is 3. The van der Waals surface area contributed by atoms with Crippen LogP contribution in [0.15, 0.2) is 0 Å². The molecule has 0 aromatic rings. The van der Waals surface area contributed by atoms with Gasteiger partial charge in [0.15, 0.2) is 0 Å². The zero-order valence-corrected chi connectivity index (χ0v) is 6.41. The second kappa shape index (κ2) is 3.32. The van der Waals surface area contributed by atoms with Crippen molar-refractivity contribution in [1.29, 1.82) is 0 Å². The SMILES string of the molecule is CC1OCC(CO)OC1C. The van der Waals surface area contributed by atoms with Gasteiger partial charge in [0.1, 0.15) is 6.10 Å². The van der Waals surface area contributed by atoms with E-state index in [1.807, 2.05) is 13.8 Å². The van der Waals surface area contributed by atoms with E-state index in [-0.39, 0.29) is 24.9 Å². The van der Waals surface area contributed by atoms with Crippen molar-refractivity contribution in [3.8, 4) is 0 Å². The van der Waals surface area contributed by atoms with Crippen LogP contribution in [0.3, 0.4) is 0 Å². The van der Waals surface area contributed by atoms with Crippen LogP contribution in [0.25, 0.3) is 0 Å². The molecular weight excluding hydrogens is 132 g/mol. The van der Waals surface area contributed by atoms with E-state index >= 15 is 0 Å². The van der Waals surface area contributed by atoms with E-state index in [9.17, 15) is 0 Å². The summed E-state index contributed by atoms with van der Waals surface area (Å²) in [5.41, 5.74) is 0. The molecule has 0 aromatic heterocycles. The molecule has 0 bridgehead atoms. The summed E-state index contributed by atoms with van der Waals surface area (Å²) in [4.78, 5) is 0. The molecule has 0 aromatic carbocycles. The topological polar surface area (TPSA) is 38.7 Å². The van der Waals surface area contributed by atoms with Gasteiger partial charge in [-0.05, 0) is 13.8 Å². The summed E-state index contributed by atoms with van der Waals surface area (Å²) >= 11 is 0. The van der Waals surface area contributed by atoms with E-state index in [4.69, 9.17) is 14.6 Å². The Hall–Kier alpha value is -0.120. The second-order valence-corrected chi connectivity index (χ2v) is 2.68. The average Bonchev–Trinajstić information content (AvgIpc) is 1.95. The van der Waals surface area contributed by atoms with Gasteiger partial charge in [0, 0.05) is 0 Å². The third-order valence-electron chi connectivity index (χ3n) is 1.82. The molecule has 1 aliphatic heterocycles. The Morgan fingerprint density at radius 3 is 2.60 bits per heavy atom. The summed E-state index contributed by atoms with van der Waals surface area (Å²) in [6.07, 6.45) is 0.139. The molecule has 1 saturated heterocycles. The number of aliphatic hydroxyl groups is 1. The molecular formula is C7H14O3. The minimum atomic E-state index is -0.119. The third kappa shape index (κ3) is 1.68. The van der Waals surface area contributed by atoms with Crippen LogP contribution < -0.4 is 0 Å². The van der Waals surface area contributed by atoms with Crippen molar-refractivity contribution in [3.63, 3.8) is 0 Å². The molecule has 0 aliphatic carbocycles. The first-order valence-electron chi connectivity index (χ1n) is 3.62. The lowest BCUT2D eigenvalue weighted by molar-refractivity contribution is -0.177. The smallest absolute Gasteiger partial charge is 0.104 e. The molecule has 10 heavy (non-hydrogen) atoms. The van der Waals surface area contributed by atoms with E-state index in [1.165, 1.54) is 0 Å². The Morgan fingerprint density at radius 1 is 1.40 bits per heavy atom. The van der Waals surface area contributed by atoms with Gasteiger partial charge in [-0.15, -0.1) is 0 Å². The fourth-order valence-electron chi connectivity index (χ4n) is 0.944. The van der Waals surface area contributed by atoms with E-state index in [2.05, 4.69) is 0 Å². The quantitative estimate of drug-likeness (QED) is 0.573. The van der Waals surface area contributed by atoms with Crippen LogP contribution in [0.2, 0.25) is 0 Å². The summed E-state index contributed by atoms with van der Waals surface area (Å²) in [6, 6.07) is 0. The van der Waals surface area contributed by atoms with Gasteiger partial charge < -0.3 is 14.6 Å². The zero-order valence-electron chi connectivity index (χ0n) is 6.41. The molecule has 1 aliphatic rings. The van der Waals surface area contributed by atoms with Gasteiger partial charge >= 0.3 is 0 Å². The molecule has 0 radical (unpaired) electrons. The van der Waals surface area contributed by atoms with Crippen molar-refractivity contribution in [3.05, 3.63) is 0 Å². The first kappa shape index (κ1) is 7.98. The van der Waals surface area contributed by atoms with Crippen LogP contribution in [0.1, 0.15) is 13.8 Å². The molecule has 1 heterocycles. The number of ether oxygens (including phenoxy) is 2. The van der Waals surface area contributed by atoms with Crippen molar-refractivity contribution in [2.24, 2.45) is 0 Å². The minimum absolute atomic E-state index is 0.0526. The monoisotopic (exact) mass is 146 g/mol.